The van der Waals surface area contributed by atoms with Crippen molar-refractivity contribution in [3.8, 4) is 6.07 Å². The third-order valence-corrected chi connectivity index (χ3v) is 4.17. The van der Waals surface area contributed by atoms with Crippen molar-refractivity contribution in [2.24, 2.45) is 0 Å². The molecule has 1 N–H and O–H groups in total. The third-order valence-electron chi connectivity index (χ3n) is 4.17. The molecule has 1 unspecified atom stereocenters. The summed E-state index contributed by atoms with van der Waals surface area (Å²) in [6, 6.07) is 6.19. The Kier molecular flexibility index (Phi) is 4.07. The number of aromatic amines is 1. The van der Waals surface area contributed by atoms with E-state index in [0.29, 0.717) is 5.56 Å². The SMILES string of the molecule is CCN1CCN(c2nc(C)ccc2C#N)CC1c1ncc[nH]1. The number of likely N-dealkylation sites (N-methyl/N-ethyl adjacent to an activating group) is 1. The Morgan fingerprint density at radius 1 is 1.41 bits per heavy atom. The van der Waals surface area contributed by atoms with Gasteiger partial charge < -0.3 is 9.88 Å². The van der Waals surface area contributed by atoms with Crippen LogP contribution in [0.2, 0.25) is 0 Å². The summed E-state index contributed by atoms with van der Waals surface area (Å²) in [7, 11) is 0. The van der Waals surface area contributed by atoms with Crippen LogP contribution in [0, 0.1) is 18.3 Å². The quantitative estimate of drug-likeness (QED) is 0.936. The molecule has 0 radical (unpaired) electrons. The Morgan fingerprint density at radius 2 is 2.27 bits per heavy atom. The summed E-state index contributed by atoms with van der Waals surface area (Å²) < 4.78 is 0. The normalized spacial score (nSPS) is 19.1. The molecule has 3 heterocycles. The third kappa shape index (κ3) is 2.68. The van der Waals surface area contributed by atoms with Crippen molar-refractivity contribution in [2.45, 2.75) is 19.9 Å². The minimum atomic E-state index is 0.197. The van der Waals surface area contributed by atoms with Gasteiger partial charge in [0.2, 0.25) is 0 Å². The van der Waals surface area contributed by atoms with Crippen LogP contribution in [-0.2, 0) is 0 Å². The second kappa shape index (κ2) is 6.16. The van der Waals surface area contributed by atoms with Crippen LogP contribution in [0.3, 0.4) is 0 Å². The number of rotatable bonds is 3. The Bertz CT molecular complexity index is 672. The fourth-order valence-electron chi connectivity index (χ4n) is 2.98. The summed E-state index contributed by atoms with van der Waals surface area (Å²) in [4.78, 5) is 16.8. The van der Waals surface area contributed by atoms with E-state index in [1.807, 2.05) is 25.3 Å². The fraction of sp³-hybridized carbons (Fsp3) is 0.438. The molecule has 1 saturated heterocycles. The number of aromatic nitrogens is 3. The zero-order valence-corrected chi connectivity index (χ0v) is 13.0. The number of anilines is 1. The van der Waals surface area contributed by atoms with Crippen LogP contribution in [0.4, 0.5) is 5.82 Å². The molecule has 0 amide bonds. The molecule has 1 atom stereocenters. The lowest BCUT2D eigenvalue weighted by Crippen LogP contribution is -2.49. The molecule has 114 valence electrons. The maximum Gasteiger partial charge on any atom is 0.146 e. The van der Waals surface area contributed by atoms with Gasteiger partial charge in [0.05, 0.1) is 11.6 Å². The lowest BCUT2D eigenvalue weighted by Gasteiger charge is -2.40. The van der Waals surface area contributed by atoms with Gasteiger partial charge in [-0.1, -0.05) is 6.92 Å². The number of hydrogen-bond acceptors (Lipinski definition) is 5. The molecule has 0 saturated carbocycles. The Labute approximate surface area is 130 Å². The van der Waals surface area contributed by atoms with Crippen molar-refractivity contribution in [2.75, 3.05) is 31.1 Å². The summed E-state index contributed by atoms with van der Waals surface area (Å²) in [6.45, 7) is 7.69. The lowest BCUT2D eigenvalue weighted by atomic mass is 10.1. The van der Waals surface area contributed by atoms with Crippen molar-refractivity contribution in [3.05, 3.63) is 41.6 Å². The fourth-order valence-corrected chi connectivity index (χ4v) is 2.98. The molecule has 2 aromatic heterocycles. The number of nitrogens with one attached hydrogen (secondary N) is 1. The minimum Gasteiger partial charge on any atom is -0.352 e. The van der Waals surface area contributed by atoms with Gasteiger partial charge in [-0.25, -0.2) is 9.97 Å². The number of hydrogen-bond donors (Lipinski definition) is 1. The van der Waals surface area contributed by atoms with E-state index < -0.39 is 0 Å². The molecular formula is C16H20N6. The summed E-state index contributed by atoms with van der Waals surface area (Å²) in [5.74, 6) is 1.76. The Hall–Kier alpha value is -2.39. The average molecular weight is 296 g/mol. The summed E-state index contributed by atoms with van der Waals surface area (Å²) in [5.41, 5.74) is 1.57. The number of pyridine rings is 1. The zero-order valence-electron chi connectivity index (χ0n) is 13.0. The molecule has 6 nitrogen and oxygen atoms in total. The number of nitriles is 1. The Morgan fingerprint density at radius 3 is 2.95 bits per heavy atom. The van der Waals surface area contributed by atoms with Crippen LogP contribution in [0.15, 0.2) is 24.5 Å². The highest BCUT2D eigenvalue weighted by Gasteiger charge is 2.30. The van der Waals surface area contributed by atoms with Gasteiger partial charge >= 0.3 is 0 Å². The van der Waals surface area contributed by atoms with Crippen LogP contribution in [0.1, 0.15) is 30.0 Å². The first-order valence-corrected chi connectivity index (χ1v) is 7.59. The Balaban J connectivity index is 1.91. The molecule has 22 heavy (non-hydrogen) atoms. The molecule has 3 rings (SSSR count). The molecular weight excluding hydrogens is 276 g/mol. The smallest absolute Gasteiger partial charge is 0.146 e. The van der Waals surface area contributed by atoms with Crippen molar-refractivity contribution in [1.82, 2.24) is 19.9 Å². The van der Waals surface area contributed by atoms with E-state index in [4.69, 9.17) is 0 Å². The summed E-state index contributed by atoms with van der Waals surface area (Å²) in [6.07, 6.45) is 3.64. The highest BCUT2D eigenvalue weighted by Crippen LogP contribution is 2.27. The van der Waals surface area contributed by atoms with E-state index in [1.165, 1.54) is 0 Å². The standard InChI is InChI=1S/C16H20N6/c1-3-21-8-9-22(11-14(21)15-18-6-7-19-15)16-13(10-17)5-4-12(2)20-16/h4-7,14H,3,8-9,11H2,1-2H3,(H,18,19). The second-order valence-corrected chi connectivity index (χ2v) is 5.50. The number of aryl methyl sites for hydroxylation is 1. The van der Waals surface area contributed by atoms with Crippen LogP contribution in [0.5, 0.6) is 0 Å². The highest BCUT2D eigenvalue weighted by atomic mass is 15.3. The summed E-state index contributed by atoms with van der Waals surface area (Å²) >= 11 is 0. The van der Waals surface area contributed by atoms with E-state index in [1.54, 1.807) is 6.20 Å². The van der Waals surface area contributed by atoms with Gasteiger partial charge in [0.15, 0.2) is 0 Å². The number of H-pyrrole nitrogens is 1. The van der Waals surface area contributed by atoms with Gasteiger partial charge in [-0.15, -0.1) is 0 Å². The van der Waals surface area contributed by atoms with Crippen LogP contribution in [-0.4, -0.2) is 46.0 Å². The zero-order chi connectivity index (χ0) is 15.5. The first kappa shape index (κ1) is 14.5. The molecule has 0 aromatic carbocycles. The van der Waals surface area contributed by atoms with Gasteiger partial charge in [0, 0.05) is 37.7 Å². The van der Waals surface area contributed by atoms with Gasteiger partial charge in [0.25, 0.3) is 0 Å². The maximum absolute atomic E-state index is 9.34. The highest BCUT2D eigenvalue weighted by molar-refractivity contribution is 5.54. The summed E-state index contributed by atoms with van der Waals surface area (Å²) in [5, 5.41) is 9.34. The molecule has 2 aromatic rings. The maximum atomic E-state index is 9.34. The van der Waals surface area contributed by atoms with Gasteiger partial charge in [-0.2, -0.15) is 5.26 Å². The molecule has 0 spiro atoms. The van der Waals surface area contributed by atoms with Crippen molar-refractivity contribution in [3.63, 3.8) is 0 Å². The molecule has 6 heteroatoms. The van der Waals surface area contributed by atoms with Gasteiger partial charge in [-0.3, -0.25) is 4.90 Å². The molecule has 0 bridgehead atoms. The number of piperazine rings is 1. The van der Waals surface area contributed by atoms with Crippen LogP contribution < -0.4 is 4.90 Å². The first-order chi connectivity index (χ1) is 10.7. The second-order valence-electron chi connectivity index (χ2n) is 5.50. The predicted molar refractivity (Wildman–Crippen MR) is 84.5 cm³/mol. The van der Waals surface area contributed by atoms with E-state index in [2.05, 4.69) is 37.7 Å². The number of nitrogens with zero attached hydrogens (tertiary/aromatic N) is 5. The molecule has 0 aliphatic carbocycles. The van der Waals surface area contributed by atoms with E-state index in [9.17, 15) is 5.26 Å². The number of imidazole rings is 1. The van der Waals surface area contributed by atoms with Crippen molar-refractivity contribution in [1.29, 1.82) is 5.26 Å². The van der Waals surface area contributed by atoms with Gasteiger partial charge in [-0.05, 0) is 25.6 Å². The first-order valence-electron chi connectivity index (χ1n) is 7.59. The van der Waals surface area contributed by atoms with E-state index in [-0.39, 0.29) is 6.04 Å². The van der Waals surface area contributed by atoms with Crippen molar-refractivity contribution >= 4 is 5.82 Å². The molecule has 1 aliphatic heterocycles. The van der Waals surface area contributed by atoms with Gasteiger partial charge in [0.1, 0.15) is 17.7 Å². The van der Waals surface area contributed by atoms with Crippen LogP contribution >= 0.6 is 0 Å². The average Bonchev–Trinajstić information content (AvgIpc) is 3.08. The van der Waals surface area contributed by atoms with E-state index in [0.717, 1.165) is 43.5 Å². The largest absolute Gasteiger partial charge is 0.352 e. The monoisotopic (exact) mass is 296 g/mol. The minimum absolute atomic E-state index is 0.197. The topological polar surface area (TPSA) is 71.8 Å². The van der Waals surface area contributed by atoms with Crippen molar-refractivity contribution < 1.29 is 0 Å². The predicted octanol–water partition coefficient (Wildman–Crippen LogP) is 1.87. The lowest BCUT2D eigenvalue weighted by molar-refractivity contribution is 0.180. The molecule has 1 fully saturated rings. The van der Waals surface area contributed by atoms with E-state index >= 15 is 0 Å². The van der Waals surface area contributed by atoms with Crippen LogP contribution in [0.25, 0.3) is 0 Å². The molecule has 1 aliphatic rings.